The minimum absolute atomic E-state index is 0.0336. The van der Waals surface area contributed by atoms with Crippen molar-refractivity contribution in [3.63, 3.8) is 0 Å². The molecule has 0 heterocycles. The van der Waals surface area contributed by atoms with E-state index in [2.05, 4.69) is 15.6 Å². The number of nitrogens with one attached hydrogen (secondary N) is 2. The zero-order valence-electron chi connectivity index (χ0n) is 36.2. The molecule has 3 aromatic carbocycles. The average molecular weight is 865 g/mol. The number of nitrogens with zero attached hydrogens (tertiary/aromatic N) is 2. The van der Waals surface area contributed by atoms with E-state index in [0.717, 1.165) is 24.8 Å². The Kier molecular flexibility index (Phi) is 19.2. The number of guanidine groups is 1. The summed E-state index contributed by atoms with van der Waals surface area (Å²) >= 11 is 6.64. The second-order valence-electron chi connectivity index (χ2n) is 15.9. The van der Waals surface area contributed by atoms with E-state index in [0.29, 0.717) is 30.6 Å². The first-order valence-corrected chi connectivity index (χ1v) is 20.5. The topological polar surface area (TPSA) is 188 Å². The molecule has 0 aliphatic heterocycles. The third-order valence-electron chi connectivity index (χ3n) is 8.13. The summed E-state index contributed by atoms with van der Waals surface area (Å²) in [5.74, 6) is -2.20. The summed E-state index contributed by atoms with van der Waals surface area (Å²) in [5, 5.41) is 4.97. The Balaban J connectivity index is 1.72. The maximum absolute atomic E-state index is 13.6. The molecule has 3 aromatic rings. The molecule has 3 amide bonds. The van der Waals surface area contributed by atoms with Gasteiger partial charge in [-0.05, 0) is 120 Å². The second-order valence-corrected chi connectivity index (χ2v) is 16.3. The number of alkyl carbamates (subject to hydrolysis) is 2. The summed E-state index contributed by atoms with van der Waals surface area (Å²) in [5.41, 5.74) is 0.410. The fraction of sp³-hybridized carbons (Fsp3) is 0.444. The number of rotatable bonds is 17. The molecule has 0 aromatic heterocycles. The lowest BCUT2D eigenvalue weighted by Gasteiger charge is -2.23. The van der Waals surface area contributed by atoms with Crippen molar-refractivity contribution in [2.75, 3.05) is 19.8 Å². The molecule has 0 fully saturated rings. The van der Waals surface area contributed by atoms with Gasteiger partial charge in [0.1, 0.15) is 23.5 Å². The van der Waals surface area contributed by atoms with Crippen LogP contribution in [-0.2, 0) is 41.5 Å². The van der Waals surface area contributed by atoms with Crippen molar-refractivity contribution in [1.82, 2.24) is 15.5 Å². The molecular weight excluding hydrogens is 808 g/mol. The number of unbranched alkanes of at least 4 members (excludes halogenated alkanes) is 2. The van der Waals surface area contributed by atoms with E-state index >= 15 is 0 Å². The molecule has 0 saturated heterocycles. The Bertz CT molecular complexity index is 1990. The summed E-state index contributed by atoms with van der Waals surface area (Å²) in [7, 11) is 0. The average Bonchev–Trinajstić information content (AvgIpc) is 3.16. The van der Waals surface area contributed by atoms with Crippen molar-refractivity contribution in [3.05, 3.63) is 94.0 Å². The Hall–Kier alpha value is -5.96. The highest BCUT2D eigenvalue weighted by atomic mass is 35.5. The van der Waals surface area contributed by atoms with Crippen LogP contribution in [0.15, 0.2) is 71.7 Å². The maximum Gasteiger partial charge on any atom is 0.414 e. The number of esters is 3. The number of halogens is 1. The van der Waals surface area contributed by atoms with Gasteiger partial charge in [0.15, 0.2) is 0 Å². The van der Waals surface area contributed by atoms with E-state index < -0.39 is 41.3 Å². The van der Waals surface area contributed by atoms with Crippen molar-refractivity contribution in [3.8, 4) is 5.75 Å². The quantitative estimate of drug-likeness (QED) is 0.0329. The molecule has 61 heavy (non-hydrogen) atoms. The summed E-state index contributed by atoms with van der Waals surface area (Å²) in [6.45, 7) is 14.3. The standard InChI is InChI=1S/C45H57ClN4O11/c1-9-11-24-57-38(52)29-50(37(51)23-16-30-14-13-15-32(26-30)39(53)58-25-12-10-2)28-33-19-22-35(27-36(33)46)59-40(54)31-17-20-34(21-18-31)47-41(48-42(55)60-44(3,4)5)49-43(56)61-45(6,7)8/h13-15,17-22,26-27H,9-12,16,23-25,28-29H2,1-8H3,(H2,47,48,49,55,56). The fourth-order valence-corrected chi connectivity index (χ4v) is 5.43. The summed E-state index contributed by atoms with van der Waals surface area (Å²) < 4.78 is 26.8. The Morgan fingerprint density at radius 1 is 0.721 bits per heavy atom. The monoisotopic (exact) mass is 864 g/mol. The minimum atomic E-state index is -0.864. The molecule has 0 unspecified atom stereocenters. The van der Waals surface area contributed by atoms with Crippen molar-refractivity contribution in [2.24, 2.45) is 4.99 Å². The van der Waals surface area contributed by atoms with Crippen LogP contribution in [0.4, 0.5) is 15.3 Å². The second kappa shape index (κ2) is 23.7. The van der Waals surface area contributed by atoms with Crippen molar-refractivity contribution in [2.45, 2.75) is 112 Å². The van der Waals surface area contributed by atoms with Crippen LogP contribution in [0.1, 0.15) is 119 Å². The van der Waals surface area contributed by atoms with Gasteiger partial charge in [0.2, 0.25) is 11.9 Å². The zero-order valence-corrected chi connectivity index (χ0v) is 36.9. The zero-order chi connectivity index (χ0) is 45.2. The molecule has 0 aliphatic rings. The van der Waals surface area contributed by atoms with Gasteiger partial charge >= 0.3 is 30.1 Å². The number of amides is 3. The van der Waals surface area contributed by atoms with Gasteiger partial charge in [0.25, 0.3) is 0 Å². The molecule has 16 heteroatoms. The number of benzene rings is 3. The number of ether oxygens (including phenoxy) is 5. The van der Waals surface area contributed by atoms with E-state index in [4.69, 9.17) is 35.3 Å². The lowest BCUT2D eigenvalue weighted by Crippen LogP contribution is -2.47. The van der Waals surface area contributed by atoms with Crippen molar-refractivity contribution < 1.29 is 52.5 Å². The number of carbonyl (C=O) groups is 6. The first kappa shape index (κ1) is 49.4. The largest absolute Gasteiger partial charge is 0.464 e. The van der Waals surface area contributed by atoms with Gasteiger partial charge in [-0.3, -0.25) is 20.2 Å². The van der Waals surface area contributed by atoms with Crippen LogP contribution in [0.5, 0.6) is 5.75 Å². The van der Waals surface area contributed by atoms with Gasteiger partial charge in [-0.1, -0.05) is 56.5 Å². The van der Waals surface area contributed by atoms with Crippen LogP contribution in [0.25, 0.3) is 0 Å². The van der Waals surface area contributed by atoms with E-state index in [9.17, 15) is 28.8 Å². The maximum atomic E-state index is 13.6. The smallest absolute Gasteiger partial charge is 0.414 e. The first-order chi connectivity index (χ1) is 28.7. The van der Waals surface area contributed by atoms with Gasteiger partial charge in [0, 0.05) is 18.0 Å². The number of hydrogen-bond acceptors (Lipinski definition) is 12. The summed E-state index contributed by atoms with van der Waals surface area (Å²) in [6, 6.07) is 17.3. The number of aliphatic imine (C=N–C) groups is 1. The van der Waals surface area contributed by atoms with E-state index in [1.807, 2.05) is 19.9 Å². The third kappa shape index (κ3) is 18.9. The highest BCUT2D eigenvalue weighted by molar-refractivity contribution is 6.31. The Labute approximate surface area is 362 Å². The molecule has 0 atom stereocenters. The number of hydrogen-bond donors (Lipinski definition) is 2. The normalized spacial score (nSPS) is 11.1. The first-order valence-electron chi connectivity index (χ1n) is 20.1. The molecule has 3 rings (SSSR count). The number of carbonyl (C=O) groups excluding carboxylic acids is 6. The number of aryl methyl sites for hydroxylation is 1. The molecule has 0 aliphatic carbocycles. The van der Waals surface area contributed by atoms with Gasteiger partial charge < -0.3 is 28.6 Å². The van der Waals surface area contributed by atoms with Crippen molar-refractivity contribution >= 4 is 59.2 Å². The van der Waals surface area contributed by atoms with Crippen LogP contribution >= 0.6 is 11.6 Å². The van der Waals surface area contributed by atoms with E-state index in [1.165, 1.54) is 41.3 Å². The van der Waals surface area contributed by atoms with Gasteiger partial charge in [-0.15, -0.1) is 0 Å². The van der Waals surface area contributed by atoms with Crippen LogP contribution in [0, 0.1) is 0 Å². The van der Waals surface area contributed by atoms with Gasteiger partial charge in [0.05, 0.1) is 30.0 Å². The highest BCUT2D eigenvalue weighted by Gasteiger charge is 2.23. The molecule has 0 saturated carbocycles. The predicted molar refractivity (Wildman–Crippen MR) is 230 cm³/mol. The molecule has 2 N–H and O–H groups in total. The van der Waals surface area contributed by atoms with E-state index in [1.54, 1.807) is 65.8 Å². The molecule has 0 bridgehead atoms. The summed E-state index contributed by atoms with van der Waals surface area (Å²) in [6.07, 6.45) is 1.79. The molecule has 330 valence electrons. The van der Waals surface area contributed by atoms with Crippen LogP contribution < -0.4 is 15.4 Å². The SMILES string of the molecule is CCCCOC(=O)CN(Cc1ccc(OC(=O)c2ccc(N=C(NC(=O)OC(C)(C)C)NC(=O)OC(C)(C)C)cc2)cc1Cl)C(=O)CCc1cccc(C(=O)OCCCC)c1. The molecule has 15 nitrogen and oxygen atoms in total. The van der Waals surface area contributed by atoms with Crippen molar-refractivity contribution in [1.29, 1.82) is 0 Å². The lowest BCUT2D eigenvalue weighted by atomic mass is 10.1. The molecule has 0 radical (unpaired) electrons. The Morgan fingerprint density at radius 3 is 1.90 bits per heavy atom. The highest BCUT2D eigenvalue weighted by Crippen LogP contribution is 2.26. The third-order valence-corrected chi connectivity index (χ3v) is 8.49. The molecule has 0 spiro atoms. The Morgan fingerprint density at radius 2 is 1.33 bits per heavy atom. The predicted octanol–water partition coefficient (Wildman–Crippen LogP) is 8.86. The lowest BCUT2D eigenvalue weighted by molar-refractivity contribution is -0.149. The van der Waals surface area contributed by atoms with Crippen LogP contribution in [0.2, 0.25) is 5.02 Å². The van der Waals surface area contributed by atoms with Crippen LogP contribution in [0.3, 0.4) is 0 Å². The summed E-state index contributed by atoms with van der Waals surface area (Å²) in [4.78, 5) is 82.5. The van der Waals surface area contributed by atoms with Gasteiger partial charge in [-0.2, -0.15) is 0 Å². The van der Waals surface area contributed by atoms with Crippen LogP contribution in [-0.4, -0.2) is 77.8 Å². The minimum Gasteiger partial charge on any atom is -0.464 e. The fourth-order valence-electron chi connectivity index (χ4n) is 5.20. The van der Waals surface area contributed by atoms with E-state index in [-0.39, 0.29) is 60.0 Å². The van der Waals surface area contributed by atoms with Gasteiger partial charge in [-0.25, -0.2) is 24.2 Å². The molecular formula is C45H57ClN4O11.